The molecule has 0 spiro atoms. The van der Waals surface area contributed by atoms with E-state index in [1.807, 2.05) is 0 Å². The summed E-state index contributed by atoms with van der Waals surface area (Å²) in [4.78, 5) is 0. The minimum Gasteiger partial charge on any atom is -0.0766 e. The van der Waals surface area contributed by atoms with Crippen molar-refractivity contribution in [3.63, 3.8) is 0 Å². The van der Waals surface area contributed by atoms with E-state index in [0.717, 1.165) is 6.42 Å². The van der Waals surface area contributed by atoms with Crippen molar-refractivity contribution in [1.29, 1.82) is 0 Å². The topological polar surface area (TPSA) is 0 Å². The number of rotatable bonds is 5. The first-order valence-electron chi connectivity index (χ1n) is 15.5. The lowest BCUT2D eigenvalue weighted by molar-refractivity contribution is 0.884. The summed E-state index contributed by atoms with van der Waals surface area (Å²) in [5.41, 5.74) is 11.6. The molecule has 1 aliphatic carbocycles. The minimum absolute atomic E-state index is 0.285. The van der Waals surface area contributed by atoms with Crippen LogP contribution in [-0.4, -0.2) is 0 Å². The van der Waals surface area contributed by atoms with Crippen LogP contribution in [0, 0.1) is 0 Å². The molecule has 0 N–H and O–H groups in total. The summed E-state index contributed by atoms with van der Waals surface area (Å²) in [5.74, 6) is 0.285. The van der Waals surface area contributed by atoms with Crippen LogP contribution in [0.25, 0.3) is 60.5 Å². The molecule has 0 saturated carbocycles. The van der Waals surface area contributed by atoms with E-state index in [-0.39, 0.29) is 5.92 Å². The highest BCUT2D eigenvalue weighted by Gasteiger charge is 2.22. The fourth-order valence-corrected chi connectivity index (χ4v) is 6.93. The van der Waals surface area contributed by atoms with Crippen LogP contribution in [0.4, 0.5) is 0 Å². The monoisotopic (exact) mass is 560 g/mol. The summed E-state index contributed by atoms with van der Waals surface area (Å²) >= 11 is 0. The fraction of sp³-hybridized carbons (Fsp3) is 0.0455. The lowest BCUT2D eigenvalue weighted by Crippen LogP contribution is -2.04. The van der Waals surface area contributed by atoms with Crippen molar-refractivity contribution >= 4 is 27.1 Å². The van der Waals surface area contributed by atoms with Crippen molar-refractivity contribution < 1.29 is 0 Å². The molecule has 208 valence electrons. The number of hydrogen-bond acceptors (Lipinski definition) is 0. The van der Waals surface area contributed by atoms with Crippen LogP contribution < -0.4 is 0 Å². The van der Waals surface area contributed by atoms with E-state index in [0.29, 0.717) is 0 Å². The Labute approximate surface area is 259 Å². The van der Waals surface area contributed by atoms with E-state index in [2.05, 4.69) is 176 Å². The Bertz CT molecular complexity index is 2090. The van der Waals surface area contributed by atoms with Crippen LogP contribution >= 0.6 is 0 Å². The summed E-state index contributed by atoms with van der Waals surface area (Å²) in [6.45, 7) is 0. The zero-order valence-electron chi connectivity index (χ0n) is 24.5. The first kappa shape index (κ1) is 26.2. The average Bonchev–Trinajstić information content (AvgIpc) is 3.11. The molecule has 0 nitrogen and oxygen atoms in total. The molecule has 1 atom stereocenters. The Hall–Kier alpha value is -5.46. The molecule has 7 aromatic carbocycles. The summed E-state index contributed by atoms with van der Waals surface area (Å²) < 4.78 is 0. The molecular formula is C44H32. The molecule has 1 aliphatic rings. The van der Waals surface area contributed by atoms with Crippen molar-refractivity contribution in [2.45, 2.75) is 12.3 Å². The third kappa shape index (κ3) is 4.75. The lowest BCUT2D eigenvalue weighted by Gasteiger charge is -2.25. The van der Waals surface area contributed by atoms with Crippen LogP contribution in [-0.2, 0) is 0 Å². The zero-order valence-corrected chi connectivity index (χ0v) is 24.5. The second-order valence-electron chi connectivity index (χ2n) is 11.7. The number of fused-ring (bicyclic) bond motifs is 2. The van der Waals surface area contributed by atoms with Crippen LogP contribution in [0.3, 0.4) is 0 Å². The molecule has 0 aromatic heterocycles. The maximum absolute atomic E-state index is 2.39. The van der Waals surface area contributed by atoms with Crippen LogP contribution in [0.1, 0.15) is 23.5 Å². The molecule has 0 heteroatoms. The molecule has 0 aliphatic heterocycles. The Morgan fingerprint density at radius 1 is 0.364 bits per heavy atom. The highest BCUT2D eigenvalue weighted by molar-refractivity contribution is 6.15. The first-order valence-corrected chi connectivity index (χ1v) is 15.5. The van der Waals surface area contributed by atoms with Crippen molar-refractivity contribution in [3.05, 3.63) is 187 Å². The van der Waals surface area contributed by atoms with Crippen LogP contribution in [0.15, 0.2) is 176 Å². The van der Waals surface area contributed by atoms with Gasteiger partial charge in [-0.25, -0.2) is 0 Å². The van der Waals surface area contributed by atoms with Gasteiger partial charge in [0.05, 0.1) is 0 Å². The van der Waals surface area contributed by atoms with Gasteiger partial charge in [0.2, 0.25) is 0 Å². The second kappa shape index (κ2) is 11.3. The smallest absolute Gasteiger partial charge is 0.00740 e. The van der Waals surface area contributed by atoms with Gasteiger partial charge in [0.1, 0.15) is 0 Å². The summed E-state index contributed by atoms with van der Waals surface area (Å²) in [7, 11) is 0. The highest BCUT2D eigenvalue weighted by Crippen LogP contribution is 2.45. The van der Waals surface area contributed by atoms with Crippen molar-refractivity contribution in [1.82, 2.24) is 0 Å². The average molecular weight is 561 g/mol. The normalized spacial score (nSPS) is 14.5. The molecule has 0 radical (unpaired) electrons. The molecule has 0 amide bonds. The maximum atomic E-state index is 2.39. The standard InChI is InChI=1S/C44H32/c1-3-12-31(13-4-1)33-22-24-35(25-23-33)37-16-11-17-38(30-37)44-41-20-9-7-18-39(41)43(40-19-8-10-21-42(40)44)36-28-26-34(27-29-36)32-14-5-2-6-15-32/h1-29,38H,30H2. The first-order chi connectivity index (χ1) is 21.8. The van der Waals surface area contributed by atoms with E-state index in [1.165, 1.54) is 71.6 Å². The molecule has 8 rings (SSSR count). The van der Waals surface area contributed by atoms with E-state index >= 15 is 0 Å². The molecular weight excluding hydrogens is 528 g/mol. The third-order valence-corrected chi connectivity index (χ3v) is 9.07. The zero-order chi connectivity index (χ0) is 29.3. The Balaban J connectivity index is 1.20. The SMILES string of the molecule is C1=CC(c2c3ccccc3c(-c3ccc(-c4ccccc4)cc3)c3ccccc23)CC(c2ccc(-c3ccccc3)cc2)=C1. The quantitative estimate of drug-likeness (QED) is 0.184. The van der Waals surface area contributed by atoms with Gasteiger partial charge in [-0.15, -0.1) is 0 Å². The van der Waals surface area contributed by atoms with Gasteiger partial charge in [0.25, 0.3) is 0 Å². The summed E-state index contributed by atoms with van der Waals surface area (Å²) in [6, 6.07) is 57.4. The van der Waals surface area contributed by atoms with E-state index < -0.39 is 0 Å². The van der Waals surface area contributed by atoms with Gasteiger partial charge >= 0.3 is 0 Å². The number of allylic oxidation sites excluding steroid dienone is 4. The number of benzene rings is 7. The predicted octanol–water partition coefficient (Wildman–Crippen LogP) is 12.1. The fourth-order valence-electron chi connectivity index (χ4n) is 6.93. The van der Waals surface area contributed by atoms with Crippen molar-refractivity contribution in [2.24, 2.45) is 0 Å². The van der Waals surface area contributed by atoms with E-state index in [4.69, 9.17) is 0 Å². The summed E-state index contributed by atoms with van der Waals surface area (Å²) in [6.07, 6.45) is 7.92. The predicted molar refractivity (Wildman–Crippen MR) is 189 cm³/mol. The Morgan fingerprint density at radius 3 is 1.30 bits per heavy atom. The number of hydrogen-bond donors (Lipinski definition) is 0. The lowest BCUT2D eigenvalue weighted by atomic mass is 9.79. The third-order valence-electron chi connectivity index (χ3n) is 9.07. The highest BCUT2D eigenvalue weighted by atomic mass is 14.3. The van der Waals surface area contributed by atoms with Gasteiger partial charge in [-0.05, 0) is 78.0 Å². The van der Waals surface area contributed by atoms with Crippen molar-refractivity contribution in [3.8, 4) is 33.4 Å². The van der Waals surface area contributed by atoms with Gasteiger partial charge in [0.15, 0.2) is 0 Å². The Morgan fingerprint density at radius 2 is 0.773 bits per heavy atom. The van der Waals surface area contributed by atoms with Gasteiger partial charge in [-0.2, -0.15) is 0 Å². The van der Waals surface area contributed by atoms with Gasteiger partial charge in [-0.3, -0.25) is 0 Å². The molecule has 0 bridgehead atoms. The molecule has 0 heterocycles. The van der Waals surface area contributed by atoms with Crippen LogP contribution in [0.5, 0.6) is 0 Å². The van der Waals surface area contributed by atoms with Crippen LogP contribution in [0.2, 0.25) is 0 Å². The van der Waals surface area contributed by atoms with Gasteiger partial charge in [0, 0.05) is 5.92 Å². The Kier molecular flexibility index (Phi) is 6.74. The van der Waals surface area contributed by atoms with E-state index in [1.54, 1.807) is 0 Å². The molecule has 0 fully saturated rings. The molecule has 0 saturated heterocycles. The molecule has 7 aromatic rings. The summed E-state index contributed by atoms with van der Waals surface area (Å²) in [5, 5.41) is 5.29. The van der Waals surface area contributed by atoms with Gasteiger partial charge in [-0.1, -0.05) is 176 Å². The van der Waals surface area contributed by atoms with Crippen molar-refractivity contribution in [2.75, 3.05) is 0 Å². The molecule has 1 unspecified atom stereocenters. The second-order valence-corrected chi connectivity index (χ2v) is 11.7. The maximum Gasteiger partial charge on any atom is 0.00740 e. The minimum atomic E-state index is 0.285. The van der Waals surface area contributed by atoms with E-state index in [9.17, 15) is 0 Å². The largest absolute Gasteiger partial charge is 0.0766 e. The molecule has 44 heavy (non-hydrogen) atoms. The van der Waals surface area contributed by atoms with Gasteiger partial charge < -0.3 is 0 Å².